The van der Waals surface area contributed by atoms with E-state index in [1.54, 1.807) is 72.8 Å². The Hall–Kier alpha value is -5.04. The summed E-state index contributed by atoms with van der Waals surface area (Å²) >= 11 is -1.84. The molecule has 4 aromatic carbocycles. The first kappa shape index (κ1) is 30.0. The molecule has 0 spiro atoms. The van der Waals surface area contributed by atoms with E-state index in [2.05, 4.69) is 4.98 Å². The predicted molar refractivity (Wildman–Crippen MR) is 170 cm³/mol. The van der Waals surface area contributed by atoms with Crippen molar-refractivity contribution in [2.75, 3.05) is 21.3 Å². The molecule has 0 saturated heterocycles. The fourth-order valence-electron chi connectivity index (χ4n) is 5.02. The summed E-state index contributed by atoms with van der Waals surface area (Å²) in [5, 5.41) is 0.542. The van der Waals surface area contributed by atoms with Gasteiger partial charge >= 0.3 is 0 Å². The summed E-state index contributed by atoms with van der Waals surface area (Å²) < 4.78 is 60.4. The minimum absolute atomic E-state index is 0.0219. The standard InChI is InChI=1S/C33H27N3O7S2/c1-41-29-18-22(19-30(42-2)32(29)43-3)31(37)27-21-35(44(38)23-12-6-4-7-13-23)33(34-27)26-20-36(28-17-11-10-16-25(26)28)45(39,40)24-14-8-5-9-15-24/h4-21H,1-3H3. The lowest BCUT2D eigenvalue weighted by Crippen LogP contribution is -2.14. The smallest absolute Gasteiger partial charge is 0.268 e. The zero-order valence-electron chi connectivity index (χ0n) is 24.4. The second-order valence-corrected chi connectivity index (χ2v) is 12.9. The van der Waals surface area contributed by atoms with E-state index >= 15 is 0 Å². The number of nitrogens with zero attached hydrogens (tertiary/aromatic N) is 3. The number of rotatable bonds is 10. The molecular formula is C33H27N3O7S2. The van der Waals surface area contributed by atoms with Gasteiger partial charge in [-0.3, -0.25) is 4.79 Å². The number of ether oxygens (including phenoxy) is 3. The first-order valence-electron chi connectivity index (χ1n) is 13.6. The van der Waals surface area contributed by atoms with Crippen LogP contribution in [0.15, 0.2) is 119 Å². The van der Waals surface area contributed by atoms with Crippen molar-refractivity contribution >= 4 is 38.1 Å². The maximum Gasteiger partial charge on any atom is 0.268 e. The Bertz CT molecular complexity index is 2100. The number of ketones is 1. The molecule has 2 aromatic heterocycles. The van der Waals surface area contributed by atoms with E-state index in [0.717, 1.165) is 0 Å². The van der Waals surface area contributed by atoms with E-state index in [-0.39, 0.29) is 33.5 Å². The summed E-state index contributed by atoms with van der Waals surface area (Å²) in [6.45, 7) is 0. The highest BCUT2D eigenvalue weighted by atomic mass is 32.2. The Morgan fingerprint density at radius 1 is 0.800 bits per heavy atom. The molecule has 45 heavy (non-hydrogen) atoms. The van der Waals surface area contributed by atoms with Crippen molar-refractivity contribution in [1.29, 1.82) is 0 Å². The summed E-state index contributed by atoms with van der Waals surface area (Å²) in [5.74, 6) is 0.523. The molecule has 10 nitrogen and oxygen atoms in total. The van der Waals surface area contributed by atoms with Crippen molar-refractivity contribution in [1.82, 2.24) is 12.9 Å². The number of benzene rings is 4. The average Bonchev–Trinajstić information content (AvgIpc) is 3.70. The topological polar surface area (TPSA) is 125 Å². The molecule has 1 unspecified atom stereocenters. The van der Waals surface area contributed by atoms with Gasteiger partial charge in [0.25, 0.3) is 10.0 Å². The fourth-order valence-corrected chi connectivity index (χ4v) is 7.52. The average molecular weight is 642 g/mol. The Morgan fingerprint density at radius 2 is 1.40 bits per heavy atom. The van der Waals surface area contributed by atoms with Gasteiger partial charge in [0.15, 0.2) is 22.2 Å². The van der Waals surface area contributed by atoms with Gasteiger partial charge in [-0.25, -0.2) is 17.4 Å². The highest BCUT2D eigenvalue weighted by Crippen LogP contribution is 2.39. The van der Waals surface area contributed by atoms with E-state index < -0.39 is 27.2 Å². The van der Waals surface area contributed by atoms with Crippen LogP contribution in [-0.2, 0) is 21.4 Å². The second-order valence-electron chi connectivity index (χ2n) is 9.75. The summed E-state index contributed by atoms with van der Waals surface area (Å²) in [6.07, 6.45) is 2.85. The minimum Gasteiger partial charge on any atom is -0.587 e. The summed E-state index contributed by atoms with van der Waals surface area (Å²) in [6, 6.07) is 26.7. The van der Waals surface area contributed by atoms with Crippen LogP contribution in [0.1, 0.15) is 16.1 Å². The SMILES string of the molecule is COc1cc(C(=O)c2cn([S+]([O-])c3ccccc3)c(-c3cn(S(=O)(=O)c4ccccc4)c4ccccc34)n2)cc(OC)c1OC. The quantitative estimate of drug-likeness (QED) is 0.141. The van der Waals surface area contributed by atoms with Crippen molar-refractivity contribution in [3.63, 3.8) is 0 Å². The highest BCUT2D eigenvalue weighted by Gasteiger charge is 2.30. The molecule has 0 saturated carbocycles. The lowest BCUT2D eigenvalue weighted by atomic mass is 10.1. The van der Waals surface area contributed by atoms with Gasteiger partial charge in [0.05, 0.1) is 37.9 Å². The van der Waals surface area contributed by atoms with Crippen LogP contribution >= 0.6 is 0 Å². The molecule has 0 amide bonds. The minimum atomic E-state index is -4.02. The van der Waals surface area contributed by atoms with Crippen LogP contribution < -0.4 is 14.2 Å². The molecule has 1 atom stereocenters. The number of para-hydroxylation sites is 1. The molecule has 12 heteroatoms. The summed E-state index contributed by atoms with van der Waals surface area (Å²) in [7, 11) is 0.336. The molecule has 0 aliphatic rings. The van der Waals surface area contributed by atoms with Gasteiger partial charge in [-0.2, -0.15) is 0 Å². The molecule has 228 valence electrons. The molecule has 0 fully saturated rings. The lowest BCUT2D eigenvalue weighted by molar-refractivity contribution is 0.103. The number of carbonyl (C=O) groups excluding carboxylic acids is 1. The van der Waals surface area contributed by atoms with E-state index in [9.17, 15) is 17.8 Å². The number of hydrogen-bond acceptors (Lipinski definition) is 8. The number of imidazole rings is 1. The van der Waals surface area contributed by atoms with Crippen molar-refractivity contribution in [2.45, 2.75) is 9.79 Å². The Kier molecular flexibility index (Phi) is 8.11. The molecule has 0 aliphatic heterocycles. The lowest BCUT2D eigenvalue weighted by Gasteiger charge is -2.13. The number of carbonyl (C=O) groups is 1. The summed E-state index contributed by atoms with van der Waals surface area (Å²) in [5.41, 5.74) is 0.943. The largest absolute Gasteiger partial charge is 0.587 e. The monoisotopic (exact) mass is 641 g/mol. The Morgan fingerprint density at radius 3 is 2.02 bits per heavy atom. The molecular weight excluding hydrogens is 615 g/mol. The van der Waals surface area contributed by atoms with Crippen molar-refractivity contribution < 1.29 is 32.0 Å². The van der Waals surface area contributed by atoms with E-state index in [0.29, 0.717) is 27.1 Å². The van der Waals surface area contributed by atoms with Crippen LogP contribution in [0.25, 0.3) is 22.3 Å². The van der Waals surface area contributed by atoms with Crippen LogP contribution in [0.2, 0.25) is 0 Å². The maximum absolute atomic E-state index is 14.0. The zero-order chi connectivity index (χ0) is 31.7. The molecule has 0 radical (unpaired) electrons. The number of aromatic nitrogens is 3. The van der Waals surface area contributed by atoms with Gasteiger partial charge in [-0.15, -0.1) is 3.97 Å². The summed E-state index contributed by atoms with van der Waals surface area (Å²) in [4.78, 5) is 19.2. The van der Waals surface area contributed by atoms with Crippen LogP contribution in [0.5, 0.6) is 17.2 Å². The number of methoxy groups -OCH3 is 3. The van der Waals surface area contributed by atoms with Crippen LogP contribution in [0.3, 0.4) is 0 Å². The fraction of sp³-hybridized carbons (Fsp3) is 0.0909. The molecule has 0 N–H and O–H groups in total. The van der Waals surface area contributed by atoms with Gasteiger partial charge < -0.3 is 18.8 Å². The van der Waals surface area contributed by atoms with E-state index in [1.165, 1.54) is 65.9 Å². The maximum atomic E-state index is 14.0. The van der Waals surface area contributed by atoms with E-state index in [4.69, 9.17) is 14.2 Å². The van der Waals surface area contributed by atoms with Crippen LogP contribution in [-0.4, -0.2) is 53.0 Å². The van der Waals surface area contributed by atoms with Crippen molar-refractivity contribution in [3.8, 4) is 28.6 Å². The third-order valence-electron chi connectivity index (χ3n) is 7.18. The highest BCUT2D eigenvalue weighted by molar-refractivity contribution is 7.90. The Balaban J connectivity index is 1.57. The molecule has 6 aromatic rings. The molecule has 0 bridgehead atoms. The zero-order valence-corrected chi connectivity index (χ0v) is 26.0. The van der Waals surface area contributed by atoms with Crippen molar-refractivity contribution in [2.24, 2.45) is 0 Å². The molecule has 6 rings (SSSR count). The van der Waals surface area contributed by atoms with E-state index in [1.807, 2.05) is 0 Å². The van der Waals surface area contributed by atoms with Gasteiger partial charge in [-0.05, 0) is 42.5 Å². The number of hydrogen-bond donors (Lipinski definition) is 0. The third-order valence-corrected chi connectivity index (χ3v) is 10.2. The predicted octanol–water partition coefficient (Wildman–Crippen LogP) is 5.57. The number of fused-ring (bicyclic) bond motifs is 1. The van der Waals surface area contributed by atoms with Crippen LogP contribution in [0, 0.1) is 0 Å². The Labute approximate surface area is 262 Å². The van der Waals surface area contributed by atoms with Gasteiger partial charge in [-0.1, -0.05) is 54.6 Å². The normalized spacial score (nSPS) is 12.2. The van der Waals surface area contributed by atoms with Crippen LogP contribution in [0.4, 0.5) is 0 Å². The first-order chi connectivity index (χ1) is 21.8. The van der Waals surface area contributed by atoms with Gasteiger partial charge in [0, 0.05) is 22.7 Å². The first-order valence-corrected chi connectivity index (χ1v) is 16.2. The second kappa shape index (κ2) is 12.2. The van der Waals surface area contributed by atoms with Gasteiger partial charge in [0.1, 0.15) is 17.1 Å². The molecule has 2 heterocycles. The molecule has 0 aliphatic carbocycles. The van der Waals surface area contributed by atoms with Crippen molar-refractivity contribution in [3.05, 3.63) is 121 Å². The van der Waals surface area contributed by atoms with Gasteiger partial charge in [0.2, 0.25) is 11.5 Å². The third kappa shape index (κ3) is 5.33.